The molecule has 3 aromatic carbocycles. The minimum atomic E-state index is -0.0118. The van der Waals surface area contributed by atoms with Crippen molar-refractivity contribution < 1.29 is 4.79 Å². The number of benzene rings is 3. The molecule has 0 radical (unpaired) electrons. The van der Waals surface area contributed by atoms with Crippen LogP contribution in [0.3, 0.4) is 0 Å². The van der Waals surface area contributed by atoms with Gasteiger partial charge in [0.1, 0.15) is 0 Å². The average Bonchev–Trinajstić information content (AvgIpc) is 2.82. The number of hydrogen-bond acceptors (Lipinski definition) is 2. The van der Waals surface area contributed by atoms with Crippen molar-refractivity contribution in [1.29, 1.82) is 0 Å². The second kappa shape index (κ2) is 11.0. The van der Waals surface area contributed by atoms with Crippen LogP contribution in [-0.4, -0.2) is 28.8 Å². The van der Waals surface area contributed by atoms with Gasteiger partial charge in [0.25, 0.3) is 0 Å². The molecule has 3 nitrogen and oxygen atoms in total. The topological polar surface area (TPSA) is 23.6 Å². The Morgan fingerprint density at radius 1 is 0.906 bits per heavy atom. The van der Waals surface area contributed by atoms with Gasteiger partial charge < -0.3 is 4.90 Å². The van der Waals surface area contributed by atoms with Crippen LogP contribution in [0, 0.1) is 5.92 Å². The lowest BCUT2D eigenvalue weighted by Crippen LogP contribution is -2.44. The Labute approximate surface area is 200 Å². The van der Waals surface area contributed by atoms with E-state index >= 15 is 0 Å². The predicted octanol–water partition coefficient (Wildman–Crippen LogP) is 6.43. The maximum atomic E-state index is 13.7. The van der Waals surface area contributed by atoms with E-state index in [-0.39, 0.29) is 11.8 Å². The predicted molar refractivity (Wildman–Crippen MR) is 132 cm³/mol. The summed E-state index contributed by atoms with van der Waals surface area (Å²) < 4.78 is 0. The van der Waals surface area contributed by atoms with Crippen LogP contribution in [0.1, 0.15) is 29.5 Å². The minimum absolute atomic E-state index is 0.0118. The van der Waals surface area contributed by atoms with E-state index in [9.17, 15) is 4.79 Å². The van der Waals surface area contributed by atoms with Crippen LogP contribution in [0.4, 0.5) is 0 Å². The summed E-state index contributed by atoms with van der Waals surface area (Å²) in [6, 6.07) is 26.1. The third-order valence-corrected chi connectivity index (χ3v) is 6.59. The fourth-order valence-corrected chi connectivity index (χ4v) is 4.84. The van der Waals surface area contributed by atoms with Crippen LogP contribution < -0.4 is 0 Å². The zero-order valence-corrected chi connectivity index (χ0v) is 19.6. The van der Waals surface area contributed by atoms with Gasteiger partial charge in [0.2, 0.25) is 5.91 Å². The Bertz CT molecular complexity index is 985. The first-order valence-corrected chi connectivity index (χ1v) is 11.9. The van der Waals surface area contributed by atoms with E-state index in [0.717, 1.165) is 49.2 Å². The Balaban J connectivity index is 1.47. The lowest BCUT2D eigenvalue weighted by atomic mass is 9.95. The Hall–Kier alpha value is -2.33. The standard InChI is InChI=1S/C27H28Cl2N2O/c28-25-14-13-23(26(29)16-25)19-30-15-7-12-24(20-30)27(32)31(17-21-8-3-1-4-9-21)18-22-10-5-2-6-11-22/h1-6,8-11,13-14,16,24H,7,12,15,17-20H2. The van der Waals surface area contributed by atoms with E-state index < -0.39 is 0 Å². The molecule has 1 aliphatic heterocycles. The summed E-state index contributed by atoms with van der Waals surface area (Å²) in [6.45, 7) is 3.69. The number of amides is 1. The van der Waals surface area contributed by atoms with Crippen LogP contribution in [0.5, 0.6) is 0 Å². The maximum absolute atomic E-state index is 13.7. The molecule has 0 bridgehead atoms. The van der Waals surface area contributed by atoms with Crippen molar-refractivity contribution in [3.63, 3.8) is 0 Å². The SMILES string of the molecule is O=C(C1CCCN(Cc2ccc(Cl)cc2Cl)C1)N(Cc1ccccc1)Cc1ccccc1. The van der Waals surface area contributed by atoms with E-state index in [1.165, 1.54) is 0 Å². The number of carbonyl (C=O) groups is 1. The Kier molecular flexibility index (Phi) is 7.85. The van der Waals surface area contributed by atoms with Crippen LogP contribution in [0.2, 0.25) is 10.0 Å². The van der Waals surface area contributed by atoms with Crippen LogP contribution in [0.25, 0.3) is 0 Å². The largest absolute Gasteiger partial charge is 0.334 e. The number of rotatable bonds is 7. The molecule has 1 aliphatic rings. The van der Waals surface area contributed by atoms with Gasteiger partial charge in [0.05, 0.1) is 5.92 Å². The van der Waals surface area contributed by atoms with Crippen LogP contribution in [0.15, 0.2) is 78.9 Å². The summed E-state index contributed by atoms with van der Waals surface area (Å²) in [4.78, 5) is 18.0. The molecule has 1 atom stereocenters. The molecule has 0 aromatic heterocycles. The monoisotopic (exact) mass is 466 g/mol. The number of likely N-dealkylation sites (tertiary alicyclic amines) is 1. The van der Waals surface area contributed by atoms with Crippen molar-refractivity contribution in [2.75, 3.05) is 13.1 Å². The van der Waals surface area contributed by atoms with Crippen molar-refractivity contribution in [3.8, 4) is 0 Å². The van der Waals surface area contributed by atoms with E-state index in [1.807, 2.05) is 53.4 Å². The average molecular weight is 467 g/mol. The molecule has 4 rings (SSSR count). The number of piperidine rings is 1. The zero-order valence-electron chi connectivity index (χ0n) is 18.1. The Morgan fingerprint density at radius 2 is 1.53 bits per heavy atom. The first-order valence-electron chi connectivity index (χ1n) is 11.1. The summed E-state index contributed by atoms with van der Waals surface area (Å²) in [5.41, 5.74) is 3.35. The van der Waals surface area contributed by atoms with Gasteiger partial charge >= 0.3 is 0 Å². The fourth-order valence-electron chi connectivity index (χ4n) is 4.37. The first-order chi connectivity index (χ1) is 15.6. The smallest absolute Gasteiger partial charge is 0.227 e. The Morgan fingerprint density at radius 3 is 2.12 bits per heavy atom. The number of halogens is 2. The highest BCUT2D eigenvalue weighted by Crippen LogP contribution is 2.26. The molecule has 1 saturated heterocycles. The van der Waals surface area contributed by atoms with Gasteiger partial charge in [-0.3, -0.25) is 9.69 Å². The summed E-state index contributed by atoms with van der Waals surface area (Å²) in [6.07, 6.45) is 1.93. The highest BCUT2D eigenvalue weighted by atomic mass is 35.5. The molecular weight excluding hydrogens is 439 g/mol. The van der Waals surface area contributed by atoms with Gasteiger partial charge in [0, 0.05) is 36.2 Å². The summed E-state index contributed by atoms with van der Waals surface area (Å²) in [5, 5.41) is 1.32. The van der Waals surface area contributed by atoms with Gasteiger partial charge in [0.15, 0.2) is 0 Å². The molecule has 0 spiro atoms. The molecule has 0 aliphatic carbocycles. The van der Waals surface area contributed by atoms with Crippen molar-refractivity contribution >= 4 is 29.1 Å². The van der Waals surface area contributed by atoms with E-state index in [2.05, 4.69) is 29.2 Å². The second-order valence-corrected chi connectivity index (χ2v) is 9.32. The molecule has 0 saturated carbocycles. The second-order valence-electron chi connectivity index (χ2n) is 8.48. The lowest BCUT2D eigenvalue weighted by Gasteiger charge is -2.35. The van der Waals surface area contributed by atoms with Gasteiger partial charge in [-0.15, -0.1) is 0 Å². The molecule has 5 heteroatoms. The summed E-state index contributed by atoms with van der Waals surface area (Å²) in [7, 11) is 0. The number of carbonyl (C=O) groups excluding carboxylic acids is 1. The molecule has 32 heavy (non-hydrogen) atoms. The van der Waals surface area contributed by atoms with Crippen molar-refractivity contribution in [2.45, 2.75) is 32.5 Å². The summed E-state index contributed by atoms with van der Waals surface area (Å²) >= 11 is 12.4. The fraction of sp³-hybridized carbons (Fsp3) is 0.296. The lowest BCUT2D eigenvalue weighted by molar-refractivity contribution is -0.138. The van der Waals surface area contributed by atoms with Crippen LogP contribution in [-0.2, 0) is 24.4 Å². The van der Waals surface area contributed by atoms with Crippen LogP contribution >= 0.6 is 23.2 Å². The van der Waals surface area contributed by atoms with Gasteiger partial charge in [-0.25, -0.2) is 0 Å². The van der Waals surface area contributed by atoms with Crippen molar-refractivity contribution in [3.05, 3.63) is 106 Å². The van der Waals surface area contributed by atoms with Crippen molar-refractivity contribution in [1.82, 2.24) is 9.80 Å². The maximum Gasteiger partial charge on any atom is 0.227 e. The summed E-state index contributed by atoms with van der Waals surface area (Å²) in [5.74, 6) is 0.215. The molecular formula is C27H28Cl2N2O. The number of nitrogens with zero attached hydrogens (tertiary/aromatic N) is 2. The highest BCUT2D eigenvalue weighted by Gasteiger charge is 2.29. The number of hydrogen-bond donors (Lipinski definition) is 0. The zero-order chi connectivity index (χ0) is 22.3. The molecule has 1 unspecified atom stereocenters. The molecule has 1 amide bonds. The molecule has 1 fully saturated rings. The normalized spacial score (nSPS) is 16.6. The molecule has 0 N–H and O–H groups in total. The van der Waals surface area contributed by atoms with Gasteiger partial charge in [-0.2, -0.15) is 0 Å². The van der Waals surface area contributed by atoms with Crippen molar-refractivity contribution in [2.24, 2.45) is 5.92 Å². The molecule has 3 aromatic rings. The molecule has 1 heterocycles. The first kappa shape index (κ1) is 22.8. The third kappa shape index (κ3) is 6.13. The van der Waals surface area contributed by atoms with E-state index in [1.54, 1.807) is 6.07 Å². The van der Waals surface area contributed by atoms with Gasteiger partial charge in [-0.1, -0.05) is 89.9 Å². The van der Waals surface area contributed by atoms with E-state index in [0.29, 0.717) is 23.1 Å². The highest BCUT2D eigenvalue weighted by molar-refractivity contribution is 6.35. The third-order valence-electron chi connectivity index (χ3n) is 6.01. The molecule has 166 valence electrons. The quantitative estimate of drug-likeness (QED) is 0.400. The van der Waals surface area contributed by atoms with Gasteiger partial charge in [-0.05, 0) is 48.2 Å². The minimum Gasteiger partial charge on any atom is -0.334 e. The van der Waals surface area contributed by atoms with E-state index in [4.69, 9.17) is 23.2 Å².